The summed E-state index contributed by atoms with van der Waals surface area (Å²) in [7, 11) is 0. The van der Waals surface area contributed by atoms with Gasteiger partial charge in [0, 0.05) is 32.2 Å². The minimum Gasteiger partial charge on any atom is -0.457 e. The SMILES string of the molecule is CSNCCN(C=O)c1cc(Oc2ccccc2)ccc1/C=C(\C)CNCc1ccc(F)cc1. The molecule has 0 saturated heterocycles. The number of para-hydroxylation sites is 1. The third kappa shape index (κ3) is 8.02. The number of hydrogen-bond donors (Lipinski definition) is 2. The van der Waals surface area contributed by atoms with Crippen LogP contribution in [0, 0.1) is 5.82 Å². The number of nitrogens with one attached hydrogen (secondary N) is 2. The van der Waals surface area contributed by atoms with Gasteiger partial charge in [0.2, 0.25) is 6.41 Å². The minimum atomic E-state index is -0.237. The van der Waals surface area contributed by atoms with Crippen molar-refractivity contribution in [1.29, 1.82) is 0 Å². The van der Waals surface area contributed by atoms with Crippen molar-refractivity contribution in [3.05, 3.63) is 95.3 Å². The summed E-state index contributed by atoms with van der Waals surface area (Å²) in [5, 5.41) is 3.38. The van der Waals surface area contributed by atoms with E-state index in [0.717, 1.165) is 34.5 Å². The predicted molar refractivity (Wildman–Crippen MR) is 140 cm³/mol. The van der Waals surface area contributed by atoms with Gasteiger partial charge in [0.25, 0.3) is 0 Å². The number of nitrogens with zero attached hydrogens (tertiary/aromatic N) is 1. The number of anilines is 1. The van der Waals surface area contributed by atoms with Crippen molar-refractivity contribution in [2.24, 2.45) is 0 Å². The zero-order valence-electron chi connectivity index (χ0n) is 19.5. The fourth-order valence-electron chi connectivity index (χ4n) is 3.40. The van der Waals surface area contributed by atoms with Gasteiger partial charge in [-0.15, -0.1) is 0 Å². The van der Waals surface area contributed by atoms with Crippen LogP contribution in [-0.2, 0) is 11.3 Å². The second-order valence-electron chi connectivity index (χ2n) is 7.75. The molecule has 7 heteroatoms. The highest BCUT2D eigenvalue weighted by Crippen LogP contribution is 2.30. The first-order valence-corrected chi connectivity index (χ1v) is 12.3. The number of ether oxygens (including phenoxy) is 1. The molecule has 0 fully saturated rings. The summed E-state index contributed by atoms with van der Waals surface area (Å²) in [6.07, 6.45) is 4.87. The lowest BCUT2D eigenvalue weighted by Crippen LogP contribution is -2.29. The summed E-state index contributed by atoms with van der Waals surface area (Å²) >= 11 is 1.52. The predicted octanol–water partition coefficient (Wildman–Crippen LogP) is 5.64. The van der Waals surface area contributed by atoms with Crippen LogP contribution < -0.4 is 19.7 Å². The monoisotopic (exact) mass is 479 g/mol. The number of hydrogen-bond acceptors (Lipinski definition) is 5. The van der Waals surface area contributed by atoms with E-state index >= 15 is 0 Å². The molecule has 3 aromatic carbocycles. The molecular formula is C27H30FN3O2S. The van der Waals surface area contributed by atoms with Crippen molar-refractivity contribution >= 4 is 30.1 Å². The van der Waals surface area contributed by atoms with Gasteiger partial charge in [-0.2, -0.15) is 0 Å². The van der Waals surface area contributed by atoms with E-state index in [4.69, 9.17) is 4.74 Å². The van der Waals surface area contributed by atoms with E-state index in [0.29, 0.717) is 31.9 Å². The zero-order chi connectivity index (χ0) is 24.2. The van der Waals surface area contributed by atoms with Crippen molar-refractivity contribution in [3.63, 3.8) is 0 Å². The molecule has 0 aromatic heterocycles. The van der Waals surface area contributed by atoms with Crippen LogP contribution in [0.4, 0.5) is 10.1 Å². The first-order valence-electron chi connectivity index (χ1n) is 11.1. The molecular weight excluding hydrogens is 449 g/mol. The molecule has 1 amide bonds. The Labute approximate surface area is 205 Å². The summed E-state index contributed by atoms with van der Waals surface area (Å²) in [6.45, 7) is 4.53. The molecule has 0 spiro atoms. The highest BCUT2D eigenvalue weighted by molar-refractivity contribution is 7.96. The van der Waals surface area contributed by atoms with E-state index in [-0.39, 0.29) is 5.82 Å². The first-order chi connectivity index (χ1) is 16.6. The Morgan fingerprint density at radius 2 is 1.82 bits per heavy atom. The first kappa shape index (κ1) is 25.5. The van der Waals surface area contributed by atoms with E-state index in [9.17, 15) is 9.18 Å². The Balaban J connectivity index is 1.77. The molecule has 0 radical (unpaired) electrons. The fraction of sp³-hybridized carbons (Fsp3) is 0.222. The Morgan fingerprint density at radius 3 is 2.53 bits per heavy atom. The smallest absolute Gasteiger partial charge is 0.214 e. The number of amides is 1. The summed E-state index contributed by atoms with van der Waals surface area (Å²) in [5.74, 6) is 1.16. The van der Waals surface area contributed by atoms with Gasteiger partial charge in [-0.05, 0) is 60.7 Å². The van der Waals surface area contributed by atoms with Crippen molar-refractivity contribution in [3.8, 4) is 11.5 Å². The molecule has 3 rings (SSSR count). The number of rotatable bonds is 13. The molecule has 0 aliphatic carbocycles. The Kier molecular flexibility index (Phi) is 10.2. The van der Waals surface area contributed by atoms with Gasteiger partial charge in [-0.1, -0.05) is 53.9 Å². The Bertz CT molecular complexity index is 1070. The quantitative estimate of drug-likeness (QED) is 0.189. The second kappa shape index (κ2) is 13.5. The Morgan fingerprint density at radius 1 is 1.06 bits per heavy atom. The van der Waals surface area contributed by atoms with Crippen LogP contribution in [0.25, 0.3) is 6.08 Å². The molecule has 3 aromatic rings. The fourth-order valence-corrected chi connectivity index (χ4v) is 3.70. The third-order valence-electron chi connectivity index (χ3n) is 5.06. The van der Waals surface area contributed by atoms with Gasteiger partial charge < -0.3 is 15.0 Å². The average Bonchev–Trinajstić information content (AvgIpc) is 2.85. The molecule has 34 heavy (non-hydrogen) atoms. The topological polar surface area (TPSA) is 53.6 Å². The summed E-state index contributed by atoms with van der Waals surface area (Å²) in [4.78, 5) is 13.6. The van der Waals surface area contributed by atoms with E-state index in [1.807, 2.05) is 61.7 Å². The molecule has 2 N–H and O–H groups in total. The summed E-state index contributed by atoms with van der Waals surface area (Å²) < 4.78 is 22.3. The molecule has 0 saturated carbocycles. The van der Waals surface area contributed by atoms with Gasteiger partial charge >= 0.3 is 0 Å². The van der Waals surface area contributed by atoms with Crippen LogP contribution in [0.15, 0.2) is 78.4 Å². The second-order valence-corrected chi connectivity index (χ2v) is 8.45. The lowest BCUT2D eigenvalue weighted by molar-refractivity contribution is -0.107. The molecule has 0 aliphatic rings. The molecule has 0 bridgehead atoms. The lowest BCUT2D eigenvalue weighted by Gasteiger charge is -2.21. The van der Waals surface area contributed by atoms with Gasteiger partial charge in [-0.25, -0.2) is 4.39 Å². The van der Waals surface area contributed by atoms with Gasteiger partial charge in [0.1, 0.15) is 17.3 Å². The number of halogens is 1. The highest BCUT2D eigenvalue weighted by atomic mass is 32.2. The zero-order valence-corrected chi connectivity index (χ0v) is 20.3. The van der Waals surface area contributed by atoms with Crippen LogP contribution in [-0.4, -0.2) is 32.3 Å². The lowest BCUT2D eigenvalue weighted by atomic mass is 10.1. The van der Waals surface area contributed by atoms with Crippen LogP contribution in [0.3, 0.4) is 0 Å². The highest BCUT2D eigenvalue weighted by Gasteiger charge is 2.12. The molecule has 0 unspecified atom stereocenters. The van der Waals surface area contributed by atoms with E-state index < -0.39 is 0 Å². The Hall–Kier alpha value is -3.13. The normalized spacial score (nSPS) is 11.3. The van der Waals surface area contributed by atoms with Crippen LogP contribution in [0.1, 0.15) is 18.1 Å². The average molecular weight is 480 g/mol. The molecule has 5 nitrogen and oxygen atoms in total. The maximum atomic E-state index is 13.1. The summed E-state index contributed by atoms with van der Waals surface area (Å²) in [5.41, 5.74) is 3.83. The van der Waals surface area contributed by atoms with E-state index in [2.05, 4.69) is 16.1 Å². The maximum absolute atomic E-state index is 13.1. The van der Waals surface area contributed by atoms with Crippen LogP contribution in [0.2, 0.25) is 0 Å². The van der Waals surface area contributed by atoms with Gasteiger partial charge in [0.15, 0.2) is 0 Å². The van der Waals surface area contributed by atoms with Gasteiger partial charge in [-0.3, -0.25) is 9.52 Å². The minimum absolute atomic E-state index is 0.237. The molecule has 0 aliphatic heterocycles. The molecule has 178 valence electrons. The van der Waals surface area contributed by atoms with E-state index in [1.165, 1.54) is 24.1 Å². The number of benzene rings is 3. The number of carbonyl (C=O) groups is 1. The summed E-state index contributed by atoms with van der Waals surface area (Å²) in [6, 6.07) is 21.8. The van der Waals surface area contributed by atoms with Crippen molar-refractivity contribution in [2.45, 2.75) is 13.5 Å². The van der Waals surface area contributed by atoms with Gasteiger partial charge in [0.05, 0.1) is 5.69 Å². The largest absolute Gasteiger partial charge is 0.457 e. The van der Waals surface area contributed by atoms with E-state index in [1.54, 1.807) is 17.0 Å². The van der Waals surface area contributed by atoms with Crippen molar-refractivity contribution < 1.29 is 13.9 Å². The molecule has 0 atom stereocenters. The molecule has 0 heterocycles. The third-order valence-corrected chi connectivity index (χ3v) is 5.56. The van der Waals surface area contributed by atoms with Crippen molar-refractivity contribution in [1.82, 2.24) is 10.0 Å². The number of carbonyl (C=O) groups excluding carboxylic acids is 1. The van der Waals surface area contributed by atoms with Crippen molar-refractivity contribution in [2.75, 3.05) is 30.8 Å². The van der Waals surface area contributed by atoms with Crippen LogP contribution in [0.5, 0.6) is 11.5 Å². The standard InChI is InChI=1S/C27H30FN3O2S/c1-21(18-29-19-22-8-11-24(28)12-9-22)16-23-10-13-26(33-25-6-4-3-5-7-25)17-27(23)31(20-32)15-14-30-34-2/h3-13,16-17,20,29-30H,14-15,18-19H2,1-2H3/b21-16+. The van der Waals surface area contributed by atoms with Crippen LogP contribution >= 0.6 is 11.9 Å². The maximum Gasteiger partial charge on any atom is 0.214 e.